The Hall–Kier alpha value is -1.88. The number of hydrazine groups is 1. The van der Waals surface area contributed by atoms with Crippen molar-refractivity contribution < 1.29 is 19.1 Å². The minimum absolute atomic E-state index is 0.257. The number of hydrogen-bond donors (Lipinski definition) is 3. The first-order valence-corrected chi connectivity index (χ1v) is 8.18. The maximum absolute atomic E-state index is 11.8. The summed E-state index contributed by atoms with van der Waals surface area (Å²) in [5.74, 6) is -0.635. The Morgan fingerprint density at radius 2 is 2.00 bits per heavy atom. The largest absolute Gasteiger partial charge is 0.450 e. The number of carbonyl (C=O) groups excluding carboxylic acids is 3. The van der Waals surface area contributed by atoms with E-state index in [1.165, 1.54) is 0 Å². The van der Waals surface area contributed by atoms with Gasteiger partial charge < -0.3 is 4.74 Å². The second kappa shape index (κ2) is 9.20. The predicted molar refractivity (Wildman–Crippen MR) is 82.4 cm³/mol. The zero-order chi connectivity index (χ0) is 16.5. The quantitative estimate of drug-likeness (QED) is 0.401. The summed E-state index contributed by atoms with van der Waals surface area (Å²) in [6.45, 7) is 5.29. The van der Waals surface area contributed by atoms with Crippen LogP contribution < -0.4 is 16.2 Å². The minimum Gasteiger partial charge on any atom is -0.450 e. The Bertz CT molecular complexity index is 536. The molecule has 1 rings (SSSR count). The van der Waals surface area contributed by atoms with Crippen LogP contribution in [-0.4, -0.2) is 40.0 Å². The number of anilines is 1. The van der Waals surface area contributed by atoms with Gasteiger partial charge in [-0.1, -0.05) is 30.0 Å². The third-order valence-electron chi connectivity index (χ3n) is 2.18. The first-order chi connectivity index (χ1) is 10.5. The molecule has 0 fully saturated rings. The molecule has 0 aromatic carbocycles. The van der Waals surface area contributed by atoms with Gasteiger partial charge in [-0.25, -0.2) is 4.79 Å². The Balaban J connectivity index is 2.46. The summed E-state index contributed by atoms with van der Waals surface area (Å²) >= 11 is 2.28. The van der Waals surface area contributed by atoms with E-state index in [-0.39, 0.29) is 30.0 Å². The van der Waals surface area contributed by atoms with Gasteiger partial charge in [0.1, 0.15) is 0 Å². The molecule has 0 bridgehead atoms. The van der Waals surface area contributed by atoms with Crippen molar-refractivity contribution in [2.75, 3.05) is 11.9 Å². The average Bonchev–Trinajstić information content (AvgIpc) is 2.91. The molecule has 0 saturated carbocycles. The molecule has 1 aromatic rings. The first kappa shape index (κ1) is 18.2. The van der Waals surface area contributed by atoms with Crippen LogP contribution >= 0.6 is 23.1 Å². The number of nitrogens with zero attached hydrogens (tertiary/aromatic N) is 2. The molecule has 122 valence electrons. The fraction of sp³-hybridized carbons (Fsp3) is 0.545. The number of amides is 3. The van der Waals surface area contributed by atoms with Gasteiger partial charge in [0, 0.05) is 6.42 Å². The summed E-state index contributed by atoms with van der Waals surface area (Å²) < 4.78 is 5.23. The van der Waals surface area contributed by atoms with Crippen LogP contribution in [0.2, 0.25) is 0 Å². The van der Waals surface area contributed by atoms with Gasteiger partial charge in [-0.2, -0.15) is 0 Å². The molecule has 0 unspecified atom stereocenters. The topological polar surface area (TPSA) is 122 Å². The van der Waals surface area contributed by atoms with E-state index in [0.717, 1.165) is 23.1 Å². The zero-order valence-corrected chi connectivity index (χ0v) is 14.0. The van der Waals surface area contributed by atoms with Crippen molar-refractivity contribution in [3.63, 3.8) is 0 Å². The number of thioether (sulfide) groups is 1. The predicted octanol–water partition coefficient (Wildman–Crippen LogP) is 1.14. The minimum atomic E-state index is -0.608. The monoisotopic (exact) mass is 347 g/mol. The molecule has 22 heavy (non-hydrogen) atoms. The van der Waals surface area contributed by atoms with E-state index in [1.54, 1.807) is 20.8 Å². The molecule has 1 aromatic heterocycles. The smallest absolute Gasteiger partial charge is 0.413 e. The molecule has 0 saturated heterocycles. The lowest BCUT2D eigenvalue weighted by Gasteiger charge is -2.10. The Labute approximate surface area is 135 Å². The molecule has 1 atom stereocenters. The zero-order valence-electron chi connectivity index (χ0n) is 12.3. The highest BCUT2D eigenvalue weighted by Crippen LogP contribution is 2.28. The van der Waals surface area contributed by atoms with Gasteiger partial charge >= 0.3 is 6.09 Å². The van der Waals surface area contributed by atoms with Gasteiger partial charge in [-0.3, -0.25) is 25.8 Å². The third-order valence-corrected chi connectivity index (χ3v) is 4.21. The number of rotatable bonds is 6. The molecule has 0 aliphatic carbocycles. The lowest BCUT2D eigenvalue weighted by molar-refractivity contribution is -0.128. The number of hydrogen-bond acceptors (Lipinski definition) is 8. The second-order valence-electron chi connectivity index (χ2n) is 3.87. The Kier molecular flexibility index (Phi) is 7.60. The molecular weight excluding hydrogens is 330 g/mol. The fourth-order valence-corrected chi connectivity index (χ4v) is 2.97. The third kappa shape index (κ3) is 6.26. The molecule has 0 radical (unpaired) electrons. The van der Waals surface area contributed by atoms with Crippen LogP contribution in [0.5, 0.6) is 0 Å². The van der Waals surface area contributed by atoms with E-state index >= 15 is 0 Å². The van der Waals surface area contributed by atoms with Crippen molar-refractivity contribution in [3.8, 4) is 0 Å². The standard InChI is InChI=1S/C11H17N5O4S2/c1-4-7(17)13-14-8(18)6(3)21-11-16-15-9(22-11)12-10(19)20-5-2/h6H,4-5H2,1-3H3,(H,13,17)(H,14,18)(H,12,15,19)/t6-/m1/s1. The van der Waals surface area contributed by atoms with Gasteiger partial charge in [0.2, 0.25) is 11.0 Å². The van der Waals surface area contributed by atoms with Crippen molar-refractivity contribution in [3.05, 3.63) is 0 Å². The van der Waals surface area contributed by atoms with Crippen LogP contribution in [0, 0.1) is 0 Å². The lowest BCUT2D eigenvalue weighted by atomic mass is 10.4. The first-order valence-electron chi connectivity index (χ1n) is 6.48. The summed E-state index contributed by atoms with van der Waals surface area (Å²) in [4.78, 5) is 34.0. The van der Waals surface area contributed by atoms with Crippen molar-refractivity contribution >= 4 is 46.1 Å². The molecule has 3 amide bonds. The number of aromatic nitrogens is 2. The fourth-order valence-electron chi connectivity index (χ4n) is 1.09. The van der Waals surface area contributed by atoms with E-state index < -0.39 is 11.3 Å². The number of carbonyl (C=O) groups is 3. The molecule has 0 spiro atoms. The number of nitrogens with one attached hydrogen (secondary N) is 3. The summed E-state index contributed by atoms with van der Waals surface area (Å²) in [5.41, 5.74) is 4.60. The van der Waals surface area contributed by atoms with Crippen LogP contribution in [0.3, 0.4) is 0 Å². The maximum Gasteiger partial charge on any atom is 0.413 e. The van der Waals surface area contributed by atoms with Gasteiger partial charge in [0.25, 0.3) is 5.91 Å². The normalized spacial score (nSPS) is 11.4. The van der Waals surface area contributed by atoms with E-state index in [4.69, 9.17) is 4.74 Å². The molecule has 9 nitrogen and oxygen atoms in total. The van der Waals surface area contributed by atoms with Gasteiger partial charge in [-0.05, 0) is 13.8 Å². The van der Waals surface area contributed by atoms with Crippen molar-refractivity contribution in [1.29, 1.82) is 0 Å². The lowest BCUT2D eigenvalue weighted by Crippen LogP contribution is -2.44. The van der Waals surface area contributed by atoms with Crippen molar-refractivity contribution in [2.45, 2.75) is 36.8 Å². The molecule has 1 heterocycles. The van der Waals surface area contributed by atoms with Crippen LogP contribution in [0.15, 0.2) is 4.34 Å². The molecule has 11 heteroatoms. The van der Waals surface area contributed by atoms with Gasteiger partial charge in [0.15, 0.2) is 4.34 Å². The van der Waals surface area contributed by atoms with Gasteiger partial charge in [0.05, 0.1) is 11.9 Å². The highest BCUT2D eigenvalue weighted by atomic mass is 32.2. The van der Waals surface area contributed by atoms with E-state index in [0.29, 0.717) is 4.34 Å². The van der Waals surface area contributed by atoms with E-state index in [9.17, 15) is 14.4 Å². The van der Waals surface area contributed by atoms with Crippen LogP contribution in [-0.2, 0) is 14.3 Å². The van der Waals surface area contributed by atoms with E-state index in [2.05, 4.69) is 26.4 Å². The molecular formula is C11H17N5O4S2. The van der Waals surface area contributed by atoms with Gasteiger partial charge in [-0.15, -0.1) is 10.2 Å². The maximum atomic E-state index is 11.8. The molecule has 3 N–H and O–H groups in total. The Morgan fingerprint density at radius 3 is 2.64 bits per heavy atom. The van der Waals surface area contributed by atoms with Crippen molar-refractivity contribution in [1.82, 2.24) is 21.0 Å². The summed E-state index contributed by atoms with van der Waals surface area (Å²) in [5, 5.41) is 9.86. The average molecular weight is 347 g/mol. The molecule has 0 aliphatic rings. The highest BCUT2D eigenvalue weighted by molar-refractivity contribution is 8.02. The Morgan fingerprint density at radius 1 is 1.27 bits per heavy atom. The highest BCUT2D eigenvalue weighted by Gasteiger charge is 2.18. The second-order valence-corrected chi connectivity index (χ2v) is 6.44. The summed E-state index contributed by atoms with van der Waals surface area (Å²) in [6, 6.07) is 0. The number of ether oxygens (including phenoxy) is 1. The van der Waals surface area contributed by atoms with Crippen LogP contribution in [0.1, 0.15) is 27.2 Å². The van der Waals surface area contributed by atoms with Crippen molar-refractivity contribution in [2.24, 2.45) is 0 Å². The van der Waals surface area contributed by atoms with Crippen LogP contribution in [0.25, 0.3) is 0 Å². The van der Waals surface area contributed by atoms with Crippen LogP contribution in [0.4, 0.5) is 9.93 Å². The summed E-state index contributed by atoms with van der Waals surface area (Å²) in [7, 11) is 0. The van der Waals surface area contributed by atoms with E-state index in [1.807, 2.05) is 0 Å². The molecule has 0 aliphatic heterocycles. The summed E-state index contributed by atoms with van der Waals surface area (Å²) in [6.07, 6.45) is -0.329. The SMILES string of the molecule is CCOC(=O)Nc1nnc(S[C@H](C)C(=O)NNC(=O)CC)s1.